The lowest BCUT2D eigenvalue weighted by atomic mass is 9.88. The number of alkyl halides is 3. The smallest absolute Gasteiger partial charge is 0.406 e. The lowest BCUT2D eigenvalue weighted by molar-refractivity contribution is -0.274. The summed E-state index contributed by atoms with van der Waals surface area (Å²) < 4.78 is 65.4. The summed E-state index contributed by atoms with van der Waals surface area (Å²) >= 11 is 3.52. The monoisotopic (exact) mass is 620 g/mol. The molecule has 2 N–H and O–H groups in total. The fourth-order valence-corrected chi connectivity index (χ4v) is 7.26. The number of ether oxygens (including phenoxy) is 1. The van der Waals surface area contributed by atoms with Crippen molar-refractivity contribution in [2.75, 3.05) is 7.05 Å². The Morgan fingerprint density at radius 3 is 2.41 bits per heavy atom. The van der Waals surface area contributed by atoms with Crippen LogP contribution in [0.5, 0.6) is 5.75 Å². The predicted octanol–water partition coefficient (Wildman–Crippen LogP) is 6.44. The number of fused-ring (bicyclic) bond motifs is 3. The number of aliphatic hydroxyl groups is 1. The minimum Gasteiger partial charge on any atom is -0.406 e. The number of halogens is 4. The molecule has 0 spiro atoms. The number of aromatic nitrogens is 1. The van der Waals surface area contributed by atoms with Crippen LogP contribution in [0.4, 0.5) is 13.2 Å². The molecule has 0 radical (unpaired) electrons. The van der Waals surface area contributed by atoms with Crippen molar-refractivity contribution in [3.05, 3.63) is 70.7 Å². The van der Waals surface area contributed by atoms with Crippen LogP contribution < -0.4 is 9.46 Å². The third-order valence-electron chi connectivity index (χ3n) is 6.99. The summed E-state index contributed by atoms with van der Waals surface area (Å²) in [5.41, 5.74) is 2.29. The van der Waals surface area contributed by atoms with Crippen molar-refractivity contribution < 1.29 is 27.2 Å². The highest BCUT2D eigenvalue weighted by atomic mass is 79.9. The number of hydrogen-bond acceptors (Lipinski definition) is 5. The van der Waals surface area contributed by atoms with E-state index in [2.05, 4.69) is 40.4 Å². The molecule has 12 heteroatoms. The highest BCUT2D eigenvalue weighted by Gasteiger charge is 2.37. The van der Waals surface area contributed by atoms with Crippen molar-refractivity contribution in [2.45, 2.75) is 48.7 Å². The van der Waals surface area contributed by atoms with Crippen molar-refractivity contribution in [1.82, 2.24) is 9.29 Å². The fourth-order valence-electron chi connectivity index (χ4n) is 5.28. The summed E-state index contributed by atoms with van der Waals surface area (Å²) in [6.07, 6.45) is -3.86. The molecule has 1 saturated carbocycles. The van der Waals surface area contributed by atoms with E-state index < -0.39 is 34.2 Å². The number of nitriles is 1. The van der Waals surface area contributed by atoms with Crippen molar-refractivity contribution >= 4 is 47.7 Å². The second-order valence-electron chi connectivity index (χ2n) is 9.32. The third-order valence-corrected chi connectivity index (χ3v) is 9.53. The van der Waals surface area contributed by atoms with E-state index >= 15 is 0 Å². The summed E-state index contributed by atoms with van der Waals surface area (Å²) in [7, 11) is -1.90. The second-order valence-corrected chi connectivity index (χ2v) is 12.4. The van der Waals surface area contributed by atoms with Gasteiger partial charge >= 0.3 is 6.36 Å². The van der Waals surface area contributed by atoms with Gasteiger partial charge in [0.2, 0.25) is 0 Å². The van der Waals surface area contributed by atoms with Gasteiger partial charge in [-0.1, -0.05) is 15.9 Å². The first-order valence-corrected chi connectivity index (χ1v) is 14.4. The van der Waals surface area contributed by atoms with E-state index in [-0.39, 0.29) is 10.9 Å². The number of hydrogen-bond donors (Lipinski definition) is 2. The molecule has 1 aliphatic rings. The van der Waals surface area contributed by atoms with Gasteiger partial charge in [0.25, 0.3) is 0 Å². The molecule has 4 atom stereocenters. The van der Waals surface area contributed by atoms with E-state index in [9.17, 15) is 27.7 Å². The van der Waals surface area contributed by atoms with Crippen LogP contribution in [-0.4, -0.2) is 39.4 Å². The van der Waals surface area contributed by atoms with Crippen LogP contribution in [0.2, 0.25) is 0 Å². The molecule has 204 valence electrons. The molecular formula is C27H24BrF3N4O3S. The van der Waals surface area contributed by atoms with E-state index in [1.54, 1.807) is 6.07 Å². The van der Waals surface area contributed by atoms with Crippen LogP contribution in [-0.2, 0) is 9.92 Å². The van der Waals surface area contributed by atoms with Gasteiger partial charge in [-0.25, -0.2) is 13.3 Å². The summed E-state index contributed by atoms with van der Waals surface area (Å²) in [6, 6.07) is 17.2. The molecule has 1 heterocycles. The molecule has 1 aliphatic carbocycles. The summed E-state index contributed by atoms with van der Waals surface area (Å²) in [5.74, 6) is -0.431. The first-order valence-electron chi connectivity index (χ1n) is 12.1. The lowest BCUT2D eigenvalue weighted by Gasteiger charge is -2.37. The molecule has 7 nitrogen and oxygen atoms in total. The highest BCUT2D eigenvalue weighted by Crippen LogP contribution is 2.39. The van der Waals surface area contributed by atoms with Crippen molar-refractivity contribution in [3.8, 4) is 11.8 Å². The van der Waals surface area contributed by atoms with Gasteiger partial charge in [0, 0.05) is 39.4 Å². The number of aliphatic hydroxyl groups excluding tert-OH is 1. The van der Waals surface area contributed by atoms with Crippen LogP contribution >= 0.6 is 15.9 Å². The summed E-state index contributed by atoms with van der Waals surface area (Å²) in [5, 5.41) is 22.9. The number of nitrogens with zero attached hydrogens (tertiary/aromatic N) is 3. The Labute approximate surface area is 231 Å². The number of nitrogens with one attached hydrogen (secondary N) is 1. The minimum absolute atomic E-state index is 0.180. The molecule has 1 aromatic heterocycles. The van der Waals surface area contributed by atoms with Gasteiger partial charge in [-0.15, -0.1) is 13.2 Å². The Morgan fingerprint density at radius 2 is 1.77 bits per heavy atom. The Balaban J connectivity index is 1.49. The van der Waals surface area contributed by atoms with E-state index in [1.165, 1.54) is 19.2 Å². The standard InChI is InChI=1S/C27H24BrF3N4O3S/c1-33-39(37,19-9-7-18(8-10-19)38-27(29,30)31)34-22-3-2-4-25(26(22)36)35-23-11-5-16(15-32)13-20(23)21-14-17(28)6-12-24(21)35/h5-14,22,25-26,36H,2-4H2,1H3,(H,33,34,37). The van der Waals surface area contributed by atoms with Crippen molar-refractivity contribution in [1.29, 1.82) is 5.26 Å². The van der Waals surface area contributed by atoms with Crippen LogP contribution in [0.25, 0.3) is 21.8 Å². The van der Waals surface area contributed by atoms with Crippen LogP contribution in [0.15, 0.2) is 74.4 Å². The summed E-state index contributed by atoms with van der Waals surface area (Å²) in [6.45, 7) is 0. The average Bonchev–Trinajstić information content (AvgIpc) is 3.21. The topological polar surface area (TPSA) is 99.6 Å². The number of benzene rings is 3. The SMILES string of the molecule is CN=S(=O)(NC1CCCC(n2c3ccc(Br)cc3c3cc(C#N)ccc32)C1O)c1ccc(OC(F)(F)F)cc1. The zero-order valence-electron chi connectivity index (χ0n) is 20.7. The molecule has 5 rings (SSSR count). The average molecular weight is 621 g/mol. The Morgan fingerprint density at radius 1 is 1.10 bits per heavy atom. The molecule has 0 aliphatic heterocycles. The predicted molar refractivity (Wildman–Crippen MR) is 146 cm³/mol. The Bertz CT molecular complexity index is 1710. The maximum absolute atomic E-state index is 13.8. The minimum atomic E-state index is -4.84. The largest absolute Gasteiger partial charge is 0.573 e. The molecule has 4 unspecified atom stereocenters. The molecule has 4 aromatic rings. The summed E-state index contributed by atoms with van der Waals surface area (Å²) in [4.78, 5) is 0.180. The molecule has 1 fully saturated rings. The van der Waals surface area contributed by atoms with E-state index in [1.807, 2.05) is 30.3 Å². The third kappa shape index (κ3) is 5.36. The maximum Gasteiger partial charge on any atom is 0.573 e. The Hall–Kier alpha value is -3.11. The van der Waals surface area contributed by atoms with Crippen LogP contribution in [0, 0.1) is 11.3 Å². The van der Waals surface area contributed by atoms with E-state index in [0.29, 0.717) is 18.4 Å². The van der Waals surface area contributed by atoms with Gasteiger partial charge in [0.15, 0.2) is 0 Å². The van der Waals surface area contributed by atoms with E-state index in [4.69, 9.17) is 0 Å². The van der Waals surface area contributed by atoms with Gasteiger partial charge in [0.1, 0.15) is 15.7 Å². The van der Waals surface area contributed by atoms with Crippen molar-refractivity contribution in [2.24, 2.45) is 4.36 Å². The Kier molecular flexibility index (Phi) is 7.37. The lowest BCUT2D eigenvalue weighted by Crippen LogP contribution is -2.49. The fraction of sp³-hybridized carbons (Fsp3) is 0.296. The normalized spacial score (nSPS) is 21.4. The highest BCUT2D eigenvalue weighted by molar-refractivity contribution is 9.10. The molecule has 3 aromatic carbocycles. The number of rotatable bonds is 5. The van der Waals surface area contributed by atoms with Gasteiger partial charge in [-0.05, 0) is 79.9 Å². The van der Waals surface area contributed by atoms with Crippen molar-refractivity contribution in [3.63, 3.8) is 0 Å². The first kappa shape index (κ1) is 27.5. The molecule has 0 amide bonds. The quantitative estimate of drug-likeness (QED) is 0.268. The van der Waals surface area contributed by atoms with Crippen LogP contribution in [0.1, 0.15) is 30.9 Å². The molecule has 0 bridgehead atoms. The molecular weight excluding hydrogens is 597 g/mol. The first-order chi connectivity index (χ1) is 18.5. The zero-order chi connectivity index (χ0) is 27.9. The van der Waals surface area contributed by atoms with Gasteiger partial charge in [0.05, 0.1) is 28.7 Å². The van der Waals surface area contributed by atoms with E-state index in [0.717, 1.165) is 44.8 Å². The van der Waals surface area contributed by atoms with Gasteiger partial charge < -0.3 is 14.4 Å². The van der Waals surface area contributed by atoms with Gasteiger partial charge in [-0.2, -0.15) is 5.26 Å². The zero-order valence-corrected chi connectivity index (χ0v) is 23.1. The second kappa shape index (κ2) is 10.5. The van der Waals surface area contributed by atoms with Gasteiger partial charge in [-0.3, -0.25) is 0 Å². The van der Waals surface area contributed by atoms with Crippen LogP contribution in [0.3, 0.4) is 0 Å². The molecule has 0 saturated heterocycles. The maximum atomic E-state index is 13.8. The molecule has 39 heavy (non-hydrogen) atoms.